The lowest BCUT2D eigenvalue weighted by Crippen LogP contribution is -2.58. The van der Waals surface area contributed by atoms with E-state index in [0.29, 0.717) is 31.9 Å². The van der Waals surface area contributed by atoms with Gasteiger partial charge in [0.25, 0.3) is 5.91 Å². The second kappa shape index (κ2) is 8.97. The molecule has 1 amide bonds. The first kappa shape index (κ1) is 19.3. The molecule has 0 saturated carbocycles. The zero-order chi connectivity index (χ0) is 19.1. The van der Waals surface area contributed by atoms with Crippen LogP contribution in [0.25, 0.3) is 0 Å². The van der Waals surface area contributed by atoms with Gasteiger partial charge in [0, 0.05) is 37.9 Å². The maximum atomic E-state index is 12.8. The van der Waals surface area contributed by atoms with Crippen molar-refractivity contribution in [3.8, 4) is 0 Å². The van der Waals surface area contributed by atoms with Crippen LogP contribution in [0.5, 0.6) is 0 Å². The molecule has 6 nitrogen and oxygen atoms in total. The summed E-state index contributed by atoms with van der Waals surface area (Å²) in [5, 5.41) is 14.0. The topological polar surface area (TPSA) is 91.5 Å². The predicted molar refractivity (Wildman–Crippen MR) is 106 cm³/mol. The summed E-state index contributed by atoms with van der Waals surface area (Å²) in [6.07, 6.45) is 4.76. The highest BCUT2D eigenvalue weighted by atomic mass is 16.3. The zero-order valence-corrected chi connectivity index (χ0v) is 15.6. The van der Waals surface area contributed by atoms with Crippen LogP contribution in [0.4, 0.5) is 5.82 Å². The van der Waals surface area contributed by atoms with Crippen LogP contribution < -0.4 is 11.1 Å². The minimum atomic E-state index is -1.35. The molecule has 6 heteroatoms. The molecule has 2 aromatic rings. The minimum absolute atomic E-state index is 0.173. The smallest absolute Gasteiger partial charge is 0.255 e. The van der Waals surface area contributed by atoms with Crippen molar-refractivity contribution in [2.75, 3.05) is 25.4 Å². The fourth-order valence-corrected chi connectivity index (χ4v) is 3.57. The average Bonchev–Trinajstić information content (AvgIpc) is 2.68. The number of carbonyl (C=O) groups excluding carboxylic acids is 1. The van der Waals surface area contributed by atoms with Gasteiger partial charge in [-0.2, -0.15) is 0 Å². The Hall–Kier alpha value is -2.44. The number of aliphatic hydroxyl groups is 1. The van der Waals surface area contributed by atoms with Crippen molar-refractivity contribution in [2.24, 2.45) is 0 Å². The van der Waals surface area contributed by atoms with E-state index in [0.717, 1.165) is 24.8 Å². The van der Waals surface area contributed by atoms with Crippen LogP contribution in [-0.4, -0.2) is 46.1 Å². The third-order valence-electron chi connectivity index (χ3n) is 5.10. The molecule has 1 aromatic carbocycles. The number of anilines is 1. The van der Waals surface area contributed by atoms with Gasteiger partial charge < -0.3 is 21.1 Å². The Kier molecular flexibility index (Phi) is 6.42. The minimum Gasteiger partial charge on any atom is -0.383 e. The normalized spacial score (nSPS) is 20.0. The summed E-state index contributed by atoms with van der Waals surface area (Å²) in [5.74, 6) is 0.294. The molecule has 1 saturated heterocycles. The first-order valence-corrected chi connectivity index (χ1v) is 9.54. The molecule has 0 aliphatic carbocycles. The number of benzene rings is 1. The van der Waals surface area contributed by atoms with Crippen LogP contribution in [0.1, 0.15) is 30.4 Å². The fourth-order valence-electron chi connectivity index (χ4n) is 3.57. The third kappa shape index (κ3) is 5.05. The van der Waals surface area contributed by atoms with E-state index in [1.807, 2.05) is 30.3 Å². The Balaban J connectivity index is 1.49. The summed E-state index contributed by atoms with van der Waals surface area (Å²) in [6, 6.07) is 14.0. The number of likely N-dealkylation sites (tertiary alicyclic amines) is 1. The SMILES string of the molecule is Nc1ncccc1CNC[C@@]1(O)CCCN(CCCc2ccccc2)C1=O. The molecular weight excluding hydrogens is 340 g/mol. The number of aromatic nitrogens is 1. The number of carbonyl (C=O) groups is 1. The maximum absolute atomic E-state index is 12.8. The first-order chi connectivity index (χ1) is 13.1. The quantitative estimate of drug-likeness (QED) is 0.660. The van der Waals surface area contributed by atoms with Gasteiger partial charge in [0.2, 0.25) is 0 Å². The second-order valence-electron chi connectivity index (χ2n) is 7.17. The molecule has 27 heavy (non-hydrogen) atoms. The molecule has 0 unspecified atom stereocenters. The molecule has 1 atom stereocenters. The van der Waals surface area contributed by atoms with E-state index in [1.165, 1.54) is 5.56 Å². The van der Waals surface area contributed by atoms with Crippen molar-refractivity contribution in [1.82, 2.24) is 15.2 Å². The fraction of sp³-hybridized carbons (Fsp3) is 0.429. The Morgan fingerprint density at radius 1 is 1.22 bits per heavy atom. The van der Waals surface area contributed by atoms with Crippen LogP contribution in [0.3, 0.4) is 0 Å². The summed E-state index contributed by atoms with van der Waals surface area (Å²) < 4.78 is 0. The number of piperidine rings is 1. The molecule has 0 radical (unpaired) electrons. The lowest BCUT2D eigenvalue weighted by Gasteiger charge is -2.38. The monoisotopic (exact) mass is 368 g/mol. The number of pyridine rings is 1. The van der Waals surface area contributed by atoms with Crippen LogP contribution in [0.2, 0.25) is 0 Å². The Bertz CT molecular complexity index is 753. The van der Waals surface area contributed by atoms with E-state index in [2.05, 4.69) is 22.4 Å². The van der Waals surface area contributed by atoms with Gasteiger partial charge in [-0.15, -0.1) is 0 Å². The summed E-state index contributed by atoms with van der Waals surface area (Å²) in [7, 11) is 0. The van der Waals surface area contributed by atoms with Gasteiger partial charge in [-0.1, -0.05) is 36.4 Å². The van der Waals surface area contributed by atoms with Gasteiger partial charge in [0.05, 0.1) is 0 Å². The van der Waals surface area contributed by atoms with Crippen LogP contribution >= 0.6 is 0 Å². The number of rotatable bonds is 8. The molecular formula is C21H28N4O2. The Morgan fingerprint density at radius 2 is 2.04 bits per heavy atom. The van der Waals surface area contributed by atoms with Crippen molar-refractivity contribution in [1.29, 1.82) is 0 Å². The van der Waals surface area contributed by atoms with Crippen LogP contribution in [0.15, 0.2) is 48.7 Å². The number of amides is 1. The molecule has 1 aliphatic heterocycles. The van der Waals surface area contributed by atoms with Gasteiger partial charge in [0.15, 0.2) is 5.60 Å². The number of nitrogens with two attached hydrogens (primary N) is 1. The van der Waals surface area contributed by atoms with Gasteiger partial charge in [-0.05, 0) is 37.3 Å². The molecule has 0 bridgehead atoms. The molecule has 0 spiro atoms. The van der Waals surface area contributed by atoms with Crippen LogP contribution in [0, 0.1) is 0 Å². The van der Waals surface area contributed by atoms with E-state index in [-0.39, 0.29) is 12.5 Å². The lowest BCUT2D eigenvalue weighted by molar-refractivity contribution is -0.156. The summed E-state index contributed by atoms with van der Waals surface area (Å²) in [6.45, 7) is 2.08. The number of nitrogen functional groups attached to an aromatic ring is 1. The average molecular weight is 368 g/mol. The molecule has 1 fully saturated rings. The van der Waals surface area contributed by atoms with Gasteiger partial charge >= 0.3 is 0 Å². The number of hydrogen-bond acceptors (Lipinski definition) is 5. The highest BCUT2D eigenvalue weighted by Crippen LogP contribution is 2.23. The molecule has 144 valence electrons. The first-order valence-electron chi connectivity index (χ1n) is 9.54. The van der Waals surface area contributed by atoms with E-state index in [9.17, 15) is 9.90 Å². The highest BCUT2D eigenvalue weighted by Gasteiger charge is 2.41. The predicted octanol–water partition coefficient (Wildman–Crippen LogP) is 1.74. The highest BCUT2D eigenvalue weighted by molar-refractivity contribution is 5.86. The van der Waals surface area contributed by atoms with Crippen molar-refractivity contribution in [3.63, 3.8) is 0 Å². The lowest BCUT2D eigenvalue weighted by atomic mass is 9.91. The van der Waals surface area contributed by atoms with Crippen molar-refractivity contribution in [2.45, 2.75) is 37.8 Å². The maximum Gasteiger partial charge on any atom is 0.255 e. The number of aryl methyl sites for hydroxylation is 1. The molecule has 1 aliphatic rings. The summed E-state index contributed by atoms with van der Waals surface area (Å²) in [5.41, 5.74) is 6.63. The number of nitrogens with one attached hydrogen (secondary N) is 1. The molecule has 4 N–H and O–H groups in total. The van der Waals surface area contributed by atoms with Gasteiger partial charge in [0.1, 0.15) is 5.82 Å². The van der Waals surface area contributed by atoms with E-state index in [1.54, 1.807) is 11.1 Å². The standard InChI is InChI=1S/C21H28N4O2/c22-19-18(10-4-12-24-19)15-23-16-21(27)11-6-14-25(20(21)26)13-5-9-17-7-2-1-3-8-17/h1-4,7-8,10,12,23,27H,5-6,9,11,13-16H2,(H2,22,24)/t21-/m0/s1. The summed E-state index contributed by atoms with van der Waals surface area (Å²) >= 11 is 0. The third-order valence-corrected chi connectivity index (χ3v) is 5.10. The molecule has 3 rings (SSSR count). The van der Waals surface area contributed by atoms with Gasteiger partial charge in [-0.25, -0.2) is 4.98 Å². The summed E-state index contributed by atoms with van der Waals surface area (Å²) in [4.78, 5) is 18.6. The largest absolute Gasteiger partial charge is 0.383 e. The van der Waals surface area contributed by atoms with Crippen molar-refractivity contribution >= 4 is 11.7 Å². The molecule has 2 heterocycles. The van der Waals surface area contributed by atoms with Crippen molar-refractivity contribution in [3.05, 3.63) is 59.8 Å². The number of hydrogen-bond donors (Lipinski definition) is 3. The van der Waals surface area contributed by atoms with Crippen LogP contribution in [-0.2, 0) is 17.8 Å². The Labute approximate surface area is 160 Å². The zero-order valence-electron chi connectivity index (χ0n) is 15.6. The number of nitrogens with zero attached hydrogens (tertiary/aromatic N) is 2. The Morgan fingerprint density at radius 3 is 2.81 bits per heavy atom. The van der Waals surface area contributed by atoms with E-state index in [4.69, 9.17) is 5.73 Å². The second-order valence-corrected chi connectivity index (χ2v) is 7.17. The van der Waals surface area contributed by atoms with E-state index < -0.39 is 5.60 Å². The molecule has 1 aromatic heterocycles. The van der Waals surface area contributed by atoms with Crippen molar-refractivity contribution < 1.29 is 9.90 Å². The van der Waals surface area contributed by atoms with Gasteiger partial charge in [-0.3, -0.25) is 4.79 Å². The van der Waals surface area contributed by atoms with E-state index >= 15 is 0 Å².